The number of hydrogen-bond donors (Lipinski definition) is 3. The Labute approximate surface area is 167 Å². The summed E-state index contributed by atoms with van der Waals surface area (Å²) in [5.74, 6) is -0.829. The number of amides is 1. The molecule has 1 aromatic heterocycles. The summed E-state index contributed by atoms with van der Waals surface area (Å²) in [7, 11) is 0. The second kappa shape index (κ2) is 6.93. The summed E-state index contributed by atoms with van der Waals surface area (Å²) < 4.78 is 41.5. The number of nitrogens with one attached hydrogen (secondary N) is 3. The molecule has 4 rings (SSSR count). The minimum atomic E-state index is -4.78. The van der Waals surface area contributed by atoms with E-state index in [9.17, 15) is 18.0 Å². The van der Waals surface area contributed by atoms with Crippen molar-refractivity contribution in [3.63, 3.8) is 0 Å². The van der Waals surface area contributed by atoms with Gasteiger partial charge in [-0.15, -0.1) is 24.5 Å². The zero-order valence-electron chi connectivity index (χ0n) is 14.7. The highest BCUT2D eigenvalue weighted by Crippen LogP contribution is 2.39. The highest BCUT2D eigenvalue weighted by atomic mass is 32.1. The number of carbonyl (C=O) groups is 1. The Balaban J connectivity index is 1.75. The molecule has 1 aliphatic heterocycles. The highest BCUT2D eigenvalue weighted by Gasteiger charge is 2.49. The first-order valence-corrected chi connectivity index (χ1v) is 9.35. The molecule has 1 amide bonds. The highest BCUT2D eigenvalue weighted by molar-refractivity contribution is 7.10. The van der Waals surface area contributed by atoms with Gasteiger partial charge in [-0.1, -0.05) is 42.5 Å². The van der Waals surface area contributed by atoms with Gasteiger partial charge in [0.25, 0.3) is 5.91 Å². The summed E-state index contributed by atoms with van der Waals surface area (Å²) >= 11 is 1.28. The van der Waals surface area contributed by atoms with E-state index in [1.807, 2.05) is 6.07 Å². The Morgan fingerprint density at radius 1 is 1.00 bits per heavy atom. The first-order valence-electron chi connectivity index (χ1n) is 8.47. The Morgan fingerprint density at radius 2 is 1.76 bits per heavy atom. The molecule has 1 saturated heterocycles. The van der Waals surface area contributed by atoms with Crippen LogP contribution in [-0.2, 0) is 10.3 Å². The van der Waals surface area contributed by atoms with E-state index in [1.165, 1.54) is 29.5 Å². The van der Waals surface area contributed by atoms with Crippen molar-refractivity contribution in [2.45, 2.75) is 11.9 Å². The number of thiophene rings is 1. The topological polar surface area (TPSA) is 74.2 Å². The van der Waals surface area contributed by atoms with Crippen LogP contribution in [-0.4, -0.2) is 18.2 Å². The fraction of sp³-hybridized carbons (Fsp3) is 0.100. The summed E-state index contributed by atoms with van der Waals surface area (Å²) in [4.78, 5) is 13.4. The van der Waals surface area contributed by atoms with Crippen LogP contribution in [0.2, 0.25) is 0 Å². The molecule has 3 N–H and O–H groups in total. The molecule has 29 heavy (non-hydrogen) atoms. The second-order valence-corrected chi connectivity index (χ2v) is 7.26. The standard InChI is InChI=1S/C20H14F3N3O2S/c21-20(22,23)28-15-8-4-5-12(9-15)13-10-16(29-11-13)19(14-6-2-1-3-7-14)17(27)25-18(24)26-19/h1-11H,(H3,24,25,26,27). The molecule has 5 nitrogen and oxygen atoms in total. The third kappa shape index (κ3) is 3.56. The van der Waals surface area contributed by atoms with Crippen molar-refractivity contribution in [1.82, 2.24) is 10.6 Å². The number of rotatable bonds is 4. The lowest BCUT2D eigenvalue weighted by atomic mass is 9.87. The summed E-state index contributed by atoms with van der Waals surface area (Å²) in [6.07, 6.45) is -4.78. The molecule has 148 valence electrons. The number of benzene rings is 2. The zero-order chi connectivity index (χ0) is 20.6. The van der Waals surface area contributed by atoms with Gasteiger partial charge in [0.2, 0.25) is 0 Å². The molecule has 2 heterocycles. The quantitative estimate of drug-likeness (QED) is 0.595. The number of carbonyl (C=O) groups excluding carboxylic acids is 1. The SMILES string of the molecule is N=C1NC(=O)C(c2ccccc2)(c2cc(-c3cccc(OC(F)(F)F)c3)cs2)N1. The normalized spacial score (nSPS) is 19.0. The Morgan fingerprint density at radius 3 is 2.41 bits per heavy atom. The van der Waals surface area contributed by atoms with Gasteiger partial charge in [-0.25, -0.2) is 0 Å². The molecule has 0 aliphatic carbocycles. The maximum Gasteiger partial charge on any atom is 0.573 e. The summed E-state index contributed by atoms with van der Waals surface area (Å²) in [6.45, 7) is 0. The van der Waals surface area contributed by atoms with Gasteiger partial charge in [0, 0.05) is 4.88 Å². The Bertz CT molecular complexity index is 1080. The molecule has 1 atom stereocenters. The molecular formula is C20H14F3N3O2S. The molecule has 0 spiro atoms. The van der Waals surface area contributed by atoms with Crippen LogP contribution in [0.15, 0.2) is 66.0 Å². The average Bonchev–Trinajstić information content (AvgIpc) is 3.26. The monoisotopic (exact) mass is 417 g/mol. The second-order valence-electron chi connectivity index (χ2n) is 6.35. The van der Waals surface area contributed by atoms with Gasteiger partial charge < -0.3 is 10.1 Å². The lowest BCUT2D eigenvalue weighted by molar-refractivity contribution is -0.274. The van der Waals surface area contributed by atoms with Crippen LogP contribution >= 0.6 is 11.3 Å². The number of guanidine groups is 1. The van der Waals surface area contributed by atoms with Crippen LogP contribution < -0.4 is 15.4 Å². The fourth-order valence-corrected chi connectivity index (χ4v) is 4.34. The van der Waals surface area contributed by atoms with Crippen LogP contribution in [0.5, 0.6) is 5.75 Å². The van der Waals surface area contributed by atoms with E-state index in [-0.39, 0.29) is 11.7 Å². The van der Waals surface area contributed by atoms with Crippen LogP contribution in [0.1, 0.15) is 10.4 Å². The fourth-order valence-electron chi connectivity index (χ4n) is 3.25. The summed E-state index contributed by atoms with van der Waals surface area (Å²) in [5, 5.41) is 15.0. The van der Waals surface area contributed by atoms with Crippen LogP contribution in [0, 0.1) is 5.41 Å². The van der Waals surface area contributed by atoms with Crippen LogP contribution in [0.3, 0.4) is 0 Å². The van der Waals surface area contributed by atoms with Crippen molar-refractivity contribution in [1.29, 1.82) is 5.41 Å². The predicted octanol–water partition coefficient (Wildman–Crippen LogP) is 4.21. The van der Waals surface area contributed by atoms with Gasteiger partial charge in [0.15, 0.2) is 11.5 Å². The third-order valence-corrected chi connectivity index (χ3v) is 5.52. The van der Waals surface area contributed by atoms with E-state index in [0.717, 1.165) is 0 Å². The smallest absolute Gasteiger partial charge is 0.406 e. The van der Waals surface area contributed by atoms with E-state index < -0.39 is 17.8 Å². The third-order valence-electron chi connectivity index (χ3n) is 4.47. The minimum absolute atomic E-state index is 0.116. The molecule has 0 saturated carbocycles. The van der Waals surface area contributed by atoms with E-state index >= 15 is 0 Å². The van der Waals surface area contributed by atoms with Crippen molar-refractivity contribution in [3.05, 3.63) is 76.5 Å². The van der Waals surface area contributed by atoms with E-state index in [2.05, 4.69) is 15.4 Å². The molecular weight excluding hydrogens is 403 g/mol. The van der Waals surface area contributed by atoms with Crippen LogP contribution in [0.25, 0.3) is 11.1 Å². The van der Waals surface area contributed by atoms with Gasteiger partial charge in [0.1, 0.15) is 5.75 Å². The maximum absolute atomic E-state index is 12.8. The van der Waals surface area contributed by atoms with Gasteiger partial charge in [-0.2, -0.15) is 0 Å². The van der Waals surface area contributed by atoms with Crippen LogP contribution in [0.4, 0.5) is 13.2 Å². The number of halogens is 3. The summed E-state index contributed by atoms with van der Waals surface area (Å²) in [5.41, 5.74) is 0.538. The van der Waals surface area contributed by atoms with Gasteiger partial charge in [-0.05, 0) is 40.3 Å². The first-order chi connectivity index (χ1) is 13.8. The van der Waals surface area contributed by atoms with Gasteiger partial charge in [-0.3, -0.25) is 15.5 Å². The summed E-state index contributed by atoms with van der Waals surface area (Å²) in [6, 6.07) is 16.3. The van der Waals surface area contributed by atoms with E-state index in [1.54, 1.807) is 41.8 Å². The van der Waals surface area contributed by atoms with E-state index in [4.69, 9.17) is 5.41 Å². The van der Waals surface area contributed by atoms with Gasteiger partial charge in [0.05, 0.1) is 0 Å². The molecule has 1 fully saturated rings. The molecule has 2 aromatic carbocycles. The molecule has 9 heteroatoms. The average molecular weight is 417 g/mol. The molecule has 1 aliphatic rings. The number of hydrogen-bond acceptors (Lipinski definition) is 4. The van der Waals surface area contributed by atoms with Crippen molar-refractivity contribution >= 4 is 23.2 Å². The minimum Gasteiger partial charge on any atom is -0.406 e. The number of ether oxygens (including phenoxy) is 1. The van der Waals surface area contributed by atoms with Gasteiger partial charge >= 0.3 is 6.36 Å². The lowest BCUT2D eigenvalue weighted by Crippen LogP contribution is -2.44. The van der Waals surface area contributed by atoms with Crippen molar-refractivity contribution in [2.75, 3.05) is 0 Å². The van der Waals surface area contributed by atoms with E-state index in [0.29, 0.717) is 21.6 Å². The first kappa shape index (κ1) is 19.0. The lowest BCUT2D eigenvalue weighted by Gasteiger charge is -2.25. The number of alkyl halides is 3. The molecule has 0 bridgehead atoms. The largest absolute Gasteiger partial charge is 0.573 e. The maximum atomic E-state index is 12.8. The molecule has 1 unspecified atom stereocenters. The zero-order valence-corrected chi connectivity index (χ0v) is 15.5. The van der Waals surface area contributed by atoms with Crippen molar-refractivity contribution in [3.8, 4) is 16.9 Å². The Kier molecular flexibility index (Phi) is 4.54. The predicted molar refractivity (Wildman–Crippen MR) is 103 cm³/mol. The van der Waals surface area contributed by atoms with Crippen molar-refractivity contribution in [2.24, 2.45) is 0 Å². The molecule has 3 aromatic rings. The Hall–Kier alpha value is -3.33. The van der Waals surface area contributed by atoms with Crippen molar-refractivity contribution < 1.29 is 22.7 Å². The molecule has 0 radical (unpaired) electrons.